The fraction of sp³-hybridized carbons (Fsp3) is 0.429. The topological polar surface area (TPSA) is 64.2 Å². The minimum Gasteiger partial charge on any atom is -0.480 e. The van der Waals surface area contributed by atoms with Gasteiger partial charge in [-0.05, 0) is 0 Å². The molecule has 0 aliphatic rings. The molecule has 0 saturated heterocycles. The minimum absolute atomic E-state index is 0.364. The number of carbonyl (C=O) groups is 1. The number of carboxylic acid groups (broad SMARTS) is 1. The molecule has 1 N–H and O–H groups in total. The molecule has 0 aliphatic heterocycles. The highest BCUT2D eigenvalue weighted by molar-refractivity contribution is 5.66. The predicted octanol–water partition coefficient (Wildman–Crippen LogP) is 0.290. The molecule has 0 unspecified atom stereocenters. The van der Waals surface area contributed by atoms with Crippen molar-refractivity contribution < 1.29 is 23.1 Å². The van der Waals surface area contributed by atoms with Gasteiger partial charge in [0.15, 0.2) is 0 Å². The summed E-state index contributed by atoms with van der Waals surface area (Å²) in [6.07, 6.45) is -4.67. The molecule has 5 nitrogen and oxygen atoms in total. The molecule has 0 atom stereocenters. The maximum absolute atomic E-state index is 12.3. The molecule has 1 aromatic heterocycles. The Morgan fingerprint density at radius 1 is 1.53 bits per heavy atom. The zero-order valence-corrected chi connectivity index (χ0v) is 7.58. The Hall–Kier alpha value is -1.73. The van der Waals surface area contributed by atoms with Crippen LogP contribution < -0.4 is 5.56 Å². The smallest absolute Gasteiger partial charge is 0.433 e. The molecular weight excluding hydrogens is 217 g/mol. The summed E-state index contributed by atoms with van der Waals surface area (Å²) >= 11 is 0. The molecule has 0 aromatic carbocycles. The van der Waals surface area contributed by atoms with Crippen LogP contribution in [0.5, 0.6) is 0 Å². The van der Waals surface area contributed by atoms with E-state index in [1.807, 2.05) is 0 Å². The van der Waals surface area contributed by atoms with Gasteiger partial charge in [0, 0.05) is 13.1 Å². The van der Waals surface area contributed by atoms with Gasteiger partial charge in [-0.3, -0.25) is 14.3 Å². The van der Waals surface area contributed by atoms with Gasteiger partial charge in [0.1, 0.15) is 12.2 Å². The van der Waals surface area contributed by atoms with Crippen molar-refractivity contribution in [3.63, 3.8) is 0 Å². The molecule has 0 amide bonds. The van der Waals surface area contributed by atoms with Crippen molar-refractivity contribution in [3.05, 3.63) is 22.1 Å². The van der Waals surface area contributed by atoms with Crippen molar-refractivity contribution in [1.82, 2.24) is 9.36 Å². The number of alkyl halides is 3. The molecular formula is C7H7F3N2O3. The number of aromatic nitrogens is 2. The molecule has 0 aliphatic carbocycles. The van der Waals surface area contributed by atoms with Crippen molar-refractivity contribution in [3.8, 4) is 0 Å². The van der Waals surface area contributed by atoms with Gasteiger partial charge < -0.3 is 5.11 Å². The van der Waals surface area contributed by atoms with E-state index in [-0.39, 0.29) is 0 Å². The van der Waals surface area contributed by atoms with Crippen LogP contribution in [0.25, 0.3) is 0 Å². The van der Waals surface area contributed by atoms with Crippen LogP contribution in [-0.2, 0) is 24.6 Å². The van der Waals surface area contributed by atoms with E-state index in [2.05, 4.69) is 0 Å². The number of hydrogen-bond acceptors (Lipinski definition) is 2. The molecule has 84 valence electrons. The summed E-state index contributed by atoms with van der Waals surface area (Å²) < 4.78 is 37.8. The van der Waals surface area contributed by atoms with Gasteiger partial charge in [-0.25, -0.2) is 4.68 Å². The standard InChI is InChI=1S/C7H7F3N2O3/c1-11-4(7(8,9)10)2-5(13)12(11)3-6(14)15/h2H,3H2,1H3,(H,14,15). The van der Waals surface area contributed by atoms with Crippen LogP contribution >= 0.6 is 0 Å². The summed E-state index contributed by atoms with van der Waals surface area (Å²) in [5.41, 5.74) is -2.17. The Balaban J connectivity index is 3.27. The quantitative estimate of drug-likeness (QED) is 0.785. The number of hydrogen-bond donors (Lipinski definition) is 1. The average molecular weight is 224 g/mol. The maximum atomic E-state index is 12.3. The van der Waals surface area contributed by atoms with E-state index < -0.39 is 29.9 Å². The van der Waals surface area contributed by atoms with E-state index in [4.69, 9.17) is 5.11 Å². The molecule has 8 heteroatoms. The summed E-state index contributed by atoms with van der Waals surface area (Å²) in [4.78, 5) is 21.3. The van der Waals surface area contributed by atoms with E-state index in [9.17, 15) is 22.8 Å². The zero-order valence-electron chi connectivity index (χ0n) is 7.58. The fourth-order valence-corrected chi connectivity index (χ4v) is 1.14. The lowest BCUT2D eigenvalue weighted by atomic mass is 10.4. The van der Waals surface area contributed by atoms with Crippen LogP contribution in [0.3, 0.4) is 0 Å². The van der Waals surface area contributed by atoms with Gasteiger partial charge in [-0.2, -0.15) is 13.2 Å². The molecule has 1 rings (SSSR count). The van der Waals surface area contributed by atoms with Crippen molar-refractivity contribution >= 4 is 5.97 Å². The minimum atomic E-state index is -4.67. The van der Waals surface area contributed by atoms with Crippen molar-refractivity contribution in [1.29, 1.82) is 0 Å². The summed E-state index contributed by atoms with van der Waals surface area (Å²) in [5, 5.41) is 8.37. The first-order valence-electron chi connectivity index (χ1n) is 3.79. The SMILES string of the molecule is Cn1c(C(F)(F)F)cc(=O)n1CC(=O)O. The van der Waals surface area contributed by atoms with E-state index in [1.165, 1.54) is 0 Å². The summed E-state index contributed by atoms with van der Waals surface area (Å²) in [7, 11) is 0.979. The number of carboxylic acids is 1. The third-order valence-corrected chi connectivity index (χ3v) is 1.80. The maximum Gasteiger partial charge on any atom is 0.433 e. The van der Waals surface area contributed by atoms with Gasteiger partial charge in [-0.1, -0.05) is 0 Å². The Kier molecular flexibility index (Phi) is 2.61. The second kappa shape index (κ2) is 3.44. The molecule has 0 radical (unpaired) electrons. The Labute approximate surface area is 81.3 Å². The lowest BCUT2D eigenvalue weighted by Gasteiger charge is -2.09. The van der Waals surface area contributed by atoms with Crippen molar-refractivity contribution in [2.45, 2.75) is 12.7 Å². The Morgan fingerprint density at radius 3 is 2.40 bits per heavy atom. The summed E-state index contributed by atoms with van der Waals surface area (Å²) in [6.45, 7) is -0.800. The molecule has 0 saturated carbocycles. The third kappa shape index (κ3) is 2.20. The van der Waals surface area contributed by atoms with Crippen molar-refractivity contribution in [2.24, 2.45) is 7.05 Å². The number of rotatable bonds is 2. The molecule has 0 bridgehead atoms. The molecule has 1 heterocycles. The highest BCUT2D eigenvalue weighted by atomic mass is 19.4. The predicted molar refractivity (Wildman–Crippen MR) is 42.3 cm³/mol. The zero-order chi connectivity index (χ0) is 11.8. The molecule has 0 fully saturated rings. The first-order valence-corrected chi connectivity index (χ1v) is 3.79. The van der Waals surface area contributed by atoms with Crippen LogP contribution in [0.1, 0.15) is 5.69 Å². The van der Waals surface area contributed by atoms with Crippen LogP contribution in [0.4, 0.5) is 13.2 Å². The van der Waals surface area contributed by atoms with E-state index in [0.29, 0.717) is 15.4 Å². The normalized spacial score (nSPS) is 11.7. The summed E-state index contributed by atoms with van der Waals surface area (Å²) in [6, 6.07) is 0.364. The molecule has 0 spiro atoms. The Morgan fingerprint density at radius 2 is 2.07 bits per heavy atom. The third-order valence-electron chi connectivity index (χ3n) is 1.80. The van der Waals surface area contributed by atoms with E-state index >= 15 is 0 Å². The first-order chi connectivity index (χ1) is 6.73. The summed E-state index contributed by atoms with van der Waals surface area (Å²) in [5.74, 6) is -1.38. The highest BCUT2D eigenvalue weighted by Crippen LogP contribution is 2.27. The molecule has 1 aromatic rings. The lowest BCUT2D eigenvalue weighted by Crippen LogP contribution is -2.26. The van der Waals surface area contributed by atoms with Gasteiger partial charge in [0.25, 0.3) is 5.56 Å². The largest absolute Gasteiger partial charge is 0.480 e. The first kappa shape index (κ1) is 11.3. The highest BCUT2D eigenvalue weighted by Gasteiger charge is 2.35. The monoisotopic (exact) mass is 224 g/mol. The van der Waals surface area contributed by atoms with Crippen LogP contribution in [0, 0.1) is 0 Å². The molecule has 15 heavy (non-hydrogen) atoms. The van der Waals surface area contributed by atoms with Gasteiger partial charge >= 0.3 is 12.1 Å². The van der Waals surface area contributed by atoms with Crippen molar-refractivity contribution in [2.75, 3.05) is 0 Å². The fourth-order valence-electron chi connectivity index (χ4n) is 1.14. The second-order valence-corrected chi connectivity index (χ2v) is 2.84. The van der Waals surface area contributed by atoms with Gasteiger partial charge in [0.2, 0.25) is 0 Å². The van der Waals surface area contributed by atoms with E-state index in [1.54, 1.807) is 0 Å². The van der Waals surface area contributed by atoms with Crippen LogP contribution in [0.15, 0.2) is 10.9 Å². The number of halogens is 3. The number of nitrogens with zero attached hydrogens (tertiary/aromatic N) is 2. The van der Waals surface area contributed by atoms with Crippen LogP contribution in [0.2, 0.25) is 0 Å². The number of aliphatic carboxylic acids is 1. The lowest BCUT2D eigenvalue weighted by molar-refractivity contribution is -0.145. The van der Waals surface area contributed by atoms with Gasteiger partial charge in [-0.15, -0.1) is 0 Å². The Bertz CT molecular complexity index is 443. The van der Waals surface area contributed by atoms with Crippen LogP contribution in [-0.4, -0.2) is 20.4 Å². The van der Waals surface area contributed by atoms with E-state index in [0.717, 1.165) is 7.05 Å². The van der Waals surface area contributed by atoms with Gasteiger partial charge in [0.05, 0.1) is 0 Å². The average Bonchev–Trinajstić information content (AvgIpc) is 2.30. The second-order valence-electron chi connectivity index (χ2n) is 2.84.